The molecule has 1 aliphatic rings. The Morgan fingerprint density at radius 1 is 1.23 bits per heavy atom. The third kappa shape index (κ3) is 10.0. The number of rotatable bonds is 14. The van der Waals surface area contributed by atoms with E-state index in [9.17, 15) is 22.4 Å². The largest absolute Gasteiger partial charge is 0.487 e. The van der Waals surface area contributed by atoms with E-state index in [1.54, 1.807) is 26.0 Å². The van der Waals surface area contributed by atoms with E-state index in [0.717, 1.165) is 30.6 Å². The number of halogens is 1. The lowest BCUT2D eigenvalue weighted by molar-refractivity contribution is -0.142. The number of amides is 1. The van der Waals surface area contributed by atoms with Gasteiger partial charge in [-0.05, 0) is 62.6 Å². The van der Waals surface area contributed by atoms with Gasteiger partial charge in [0.2, 0.25) is 0 Å². The molecule has 2 rings (SSSR count). The molecule has 0 N–H and O–H groups in total. The van der Waals surface area contributed by atoms with Crippen molar-refractivity contribution in [3.63, 3.8) is 0 Å². The van der Waals surface area contributed by atoms with E-state index in [4.69, 9.17) is 14.2 Å². The van der Waals surface area contributed by atoms with E-state index in [0.29, 0.717) is 5.56 Å². The zero-order valence-corrected chi connectivity index (χ0v) is 21.5. The minimum Gasteiger partial charge on any atom is -0.487 e. The minimum atomic E-state index is -3.42. The highest BCUT2D eigenvalue weighted by Crippen LogP contribution is 2.29. The Bertz CT molecular complexity index is 933. The quantitative estimate of drug-likeness (QED) is 0.209. The van der Waals surface area contributed by atoms with Gasteiger partial charge in [0.05, 0.1) is 31.3 Å². The van der Waals surface area contributed by atoms with Gasteiger partial charge < -0.3 is 18.9 Å². The Hall–Kier alpha value is -2.40. The first-order valence-electron chi connectivity index (χ1n) is 11.9. The van der Waals surface area contributed by atoms with E-state index in [1.807, 2.05) is 0 Å². The lowest BCUT2D eigenvalue weighted by Gasteiger charge is -2.20. The van der Waals surface area contributed by atoms with Crippen molar-refractivity contribution in [1.82, 2.24) is 4.90 Å². The molecule has 9 nitrogen and oxygen atoms in total. The van der Waals surface area contributed by atoms with Gasteiger partial charge in [-0.1, -0.05) is 13.0 Å². The standard InChI is InChI=1S/C24H36FNO8S/c1-4-33-24(28)26(15-23(27)31-3)17-32-12-7-13-35(29,30)16-18(2)19-10-11-21(25)22(14-19)34-20-8-5-6-9-20/h10-11,14,18,20H,4-9,12-13,15-17H2,1-3H3/t18-/m0/s1. The smallest absolute Gasteiger partial charge is 0.412 e. The van der Waals surface area contributed by atoms with Crippen LogP contribution in [0.15, 0.2) is 18.2 Å². The Morgan fingerprint density at radius 3 is 2.60 bits per heavy atom. The first kappa shape index (κ1) is 28.8. The molecule has 0 saturated heterocycles. The Morgan fingerprint density at radius 2 is 1.94 bits per heavy atom. The van der Waals surface area contributed by atoms with Crippen LogP contribution in [-0.2, 0) is 28.8 Å². The maximum atomic E-state index is 14.2. The van der Waals surface area contributed by atoms with Crippen molar-refractivity contribution in [1.29, 1.82) is 0 Å². The summed E-state index contributed by atoms with van der Waals surface area (Å²) in [6, 6.07) is 4.51. The second-order valence-electron chi connectivity index (χ2n) is 8.59. The first-order valence-corrected chi connectivity index (χ1v) is 13.7. The average molecular weight is 518 g/mol. The van der Waals surface area contributed by atoms with Crippen LogP contribution in [-0.4, -0.2) is 76.6 Å². The third-order valence-electron chi connectivity index (χ3n) is 5.69. The normalized spacial score (nSPS) is 15.0. The van der Waals surface area contributed by atoms with Crippen LogP contribution in [0.2, 0.25) is 0 Å². The molecule has 1 aromatic carbocycles. The number of methoxy groups -OCH3 is 1. The number of hydrogen-bond acceptors (Lipinski definition) is 8. The van der Waals surface area contributed by atoms with Crippen LogP contribution in [0.1, 0.15) is 57.4 Å². The van der Waals surface area contributed by atoms with Crippen molar-refractivity contribution in [2.45, 2.75) is 58.0 Å². The number of sulfone groups is 1. The van der Waals surface area contributed by atoms with Gasteiger partial charge in [0.25, 0.3) is 0 Å². The van der Waals surface area contributed by atoms with E-state index in [-0.39, 0.29) is 62.2 Å². The van der Waals surface area contributed by atoms with Crippen LogP contribution in [0.5, 0.6) is 5.75 Å². The van der Waals surface area contributed by atoms with E-state index in [1.165, 1.54) is 13.2 Å². The summed E-state index contributed by atoms with van der Waals surface area (Å²) >= 11 is 0. The van der Waals surface area contributed by atoms with Crippen molar-refractivity contribution in [3.05, 3.63) is 29.6 Å². The number of ether oxygens (including phenoxy) is 4. The van der Waals surface area contributed by atoms with Crippen molar-refractivity contribution < 1.29 is 41.3 Å². The molecule has 198 valence electrons. The molecule has 1 fully saturated rings. The molecule has 0 aliphatic heterocycles. The second-order valence-corrected chi connectivity index (χ2v) is 10.8. The lowest BCUT2D eigenvalue weighted by atomic mass is 10.0. The third-order valence-corrected chi connectivity index (χ3v) is 7.61. The van der Waals surface area contributed by atoms with Crippen molar-refractivity contribution in [3.8, 4) is 5.75 Å². The summed E-state index contributed by atoms with van der Waals surface area (Å²) in [7, 11) is -2.21. The maximum absolute atomic E-state index is 14.2. The molecule has 1 aliphatic carbocycles. The highest BCUT2D eigenvalue weighted by atomic mass is 32.2. The van der Waals surface area contributed by atoms with Gasteiger partial charge in [0.15, 0.2) is 21.4 Å². The molecular weight excluding hydrogens is 481 g/mol. The summed E-state index contributed by atoms with van der Waals surface area (Å²) in [5, 5.41) is 0. The van der Waals surface area contributed by atoms with E-state index in [2.05, 4.69) is 4.74 Å². The summed E-state index contributed by atoms with van der Waals surface area (Å²) in [6.45, 7) is 3.05. The zero-order valence-electron chi connectivity index (χ0n) is 20.7. The van der Waals surface area contributed by atoms with Crippen LogP contribution in [0.3, 0.4) is 0 Å². The lowest BCUT2D eigenvalue weighted by Crippen LogP contribution is -2.38. The average Bonchev–Trinajstić information content (AvgIpc) is 3.32. The topological polar surface area (TPSA) is 108 Å². The van der Waals surface area contributed by atoms with Gasteiger partial charge in [-0.3, -0.25) is 9.69 Å². The molecule has 1 atom stereocenters. The van der Waals surface area contributed by atoms with Gasteiger partial charge >= 0.3 is 12.1 Å². The summed E-state index contributed by atoms with van der Waals surface area (Å²) < 4.78 is 60.0. The van der Waals surface area contributed by atoms with Crippen molar-refractivity contribution in [2.75, 3.05) is 45.1 Å². The van der Waals surface area contributed by atoms with Gasteiger partial charge in [0, 0.05) is 6.61 Å². The summed E-state index contributed by atoms with van der Waals surface area (Å²) in [5.74, 6) is -1.45. The summed E-state index contributed by atoms with van der Waals surface area (Å²) in [6.07, 6.45) is 3.42. The summed E-state index contributed by atoms with van der Waals surface area (Å²) in [5.41, 5.74) is 0.701. The molecule has 0 heterocycles. The van der Waals surface area contributed by atoms with E-state index < -0.39 is 27.7 Å². The predicted molar refractivity (Wildman–Crippen MR) is 128 cm³/mol. The summed E-state index contributed by atoms with van der Waals surface area (Å²) in [4.78, 5) is 24.4. The van der Waals surface area contributed by atoms with Gasteiger partial charge in [-0.15, -0.1) is 0 Å². The molecule has 0 bridgehead atoms. The monoisotopic (exact) mass is 517 g/mol. The number of carbonyl (C=O) groups excluding carboxylic acids is 2. The van der Waals surface area contributed by atoms with E-state index >= 15 is 0 Å². The molecule has 0 radical (unpaired) electrons. The number of benzene rings is 1. The highest BCUT2D eigenvalue weighted by Gasteiger charge is 2.22. The van der Waals surface area contributed by atoms with Gasteiger partial charge in [-0.2, -0.15) is 0 Å². The molecule has 0 unspecified atom stereocenters. The fraction of sp³-hybridized carbons (Fsp3) is 0.667. The predicted octanol–water partition coefficient (Wildman–Crippen LogP) is 3.66. The molecule has 35 heavy (non-hydrogen) atoms. The SMILES string of the molecule is CCOC(=O)N(COCCCS(=O)(=O)C[C@H](C)c1ccc(F)c(OC2CCCC2)c1)CC(=O)OC. The van der Waals surface area contributed by atoms with Crippen molar-refractivity contribution in [2.24, 2.45) is 0 Å². The Kier molecular flexibility index (Phi) is 11.7. The Balaban J connectivity index is 1.82. The molecular formula is C24H36FNO8S. The van der Waals surface area contributed by atoms with Crippen LogP contribution in [0.25, 0.3) is 0 Å². The van der Waals surface area contributed by atoms with Crippen LogP contribution in [0.4, 0.5) is 9.18 Å². The Labute approximate surface area is 206 Å². The van der Waals surface area contributed by atoms with Crippen LogP contribution in [0, 0.1) is 5.82 Å². The fourth-order valence-corrected chi connectivity index (χ4v) is 5.50. The number of esters is 1. The highest BCUT2D eigenvalue weighted by molar-refractivity contribution is 7.91. The molecule has 0 aromatic heterocycles. The molecule has 1 saturated carbocycles. The molecule has 1 aromatic rings. The molecule has 11 heteroatoms. The van der Waals surface area contributed by atoms with Crippen LogP contribution < -0.4 is 4.74 Å². The number of carbonyl (C=O) groups is 2. The van der Waals surface area contributed by atoms with Crippen molar-refractivity contribution >= 4 is 21.9 Å². The minimum absolute atomic E-state index is 0.00570. The molecule has 1 amide bonds. The maximum Gasteiger partial charge on any atom is 0.412 e. The first-order chi connectivity index (χ1) is 16.6. The second kappa shape index (κ2) is 14.2. The fourth-order valence-electron chi connectivity index (χ4n) is 3.82. The zero-order chi connectivity index (χ0) is 25.8. The van der Waals surface area contributed by atoms with Gasteiger partial charge in [0.1, 0.15) is 13.3 Å². The molecule has 0 spiro atoms. The van der Waals surface area contributed by atoms with Gasteiger partial charge in [-0.25, -0.2) is 17.6 Å². The number of hydrogen-bond donors (Lipinski definition) is 0. The van der Waals surface area contributed by atoms with Crippen LogP contribution >= 0.6 is 0 Å². The number of nitrogens with zero attached hydrogens (tertiary/aromatic N) is 1.